The zero-order chi connectivity index (χ0) is 14.5. The largest absolute Gasteiger partial charge is 0.508 e. The Bertz CT molecular complexity index is 584. The molecule has 0 atom stereocenters. The molecule has 2 aromatic carbocycles. The van der Waals surface area contributed by atoms with E-state index in [1.54, 1.807) is 26.4 Å². The summed E-state index contributed by atoms with van der Waals surface area (Å²) in [4.78, 5) is 0. The Labute approximate surface area is 126 Å². The molecule has 0 fully saturated rings. The van der Waals surface area contributed by atoms with Gasteiger partial charge in [0.1, 0.15) is 5.75 Å². The number of benzene rings is 2. The lowest BCUT2D eigenvalue weighted by atomic mass is 10.2. The highest BCUT2D eigenvalue weighted by Gasteiger charge is 2.10. The summed E-state index contributed by atoms with van der Waals surface area (Å²) in [5.74, 6) is 1.62. The molecule has 2 aromatic rings. The summed E-state index contributed by atoms with van der Waals surface area (Å²) in [5, 5.41) is 12.5. The molecule has 0 saturated heterocycles. The Morgan fingerprint density at radius 2 is 1.80 bits per heavy atom. The van der Waals surface area contributed by atoms with Crippen molar-refractivity contribution >= 4 is 21.6 Å². The lowest BCUT2D eigenvalue weighted by molar-refractivity contribution is 0.352. The van der Waals surface area contributed by atoms with Gasteiger partial charge in [0.15, 0.2) is 11.5 Å². The fourth-order valence-corrected chi connectivity index (χ4v) is 2.51. The molecule has 0 spiro atoms. The van der Waals surface area contributed by atoms with Crippen LogP contribution in [0.1, 0.15) is 5.56 Å². The van der Waals surface area contributed by atoms with Gasteiger partial charge in [-0.3, -0.25) is 0 Å². The van der Waals surface area contributed by atoms with Crippen LogP contribution in [0.4, 0.5) is 5.69 Å². The molecular weight excluding hydrogens is 322 g/mol. The molecule has 106 valence electrons. The molecule has 2 N–H and O–H groups in total. The van der Waals surface area contributed by atoms with E-state index in [-0.39, 0.29) is 5.75 Å². The first-order chi connectivity index (χ1) is 9.63. The third-order valence-corrected chi connectivity index (χ3v) is 3.45. The minimum atomic E-state index is 0.254. The van der Waals surface area contributed by atoms with Crippen LogP contribution in [-0.4, -0.2) is 19.3 Å². The highest BCUT2D eigenvalue weighted by Crippen LogP contribution is 2.36. The maximum atomic E-state index is 9.24. The van der Waals surface area contributed by atoms with Crippen molar-refractivity contribution in [2.75, 3.05) is 19.5 Å². The van der Waals surface area contributed by atoms with E-state index in [1.807, 2.05) is 24.3 Å². The Morgan fingerprint density at radius 1 is 1.10 bits per heavy atom. The molecule has 0 unspecified atom stereocenters. The topological polar surface area (TPSA) is 50.7 Å². The van der Waals surface area contributed by atoms with E-state index in [1.165, 1.54) is 0 Å². The highest BCUT2D eigenvalue weighted by atomic mass is 79.9. The minimum Gasteiger partial charge on any atom is -0.508 e. The van der Waals surface area contributed by atoms with E-state index >= 15 is 0 Å². The van der Waals surface area contributed by atoms with Crippen LogP contribution in [0.5, 0.6) is 17.2 Å². The van der Waals surface area contributed by atoms with Gasteiger partial charge >= 0.3 is 0 Å². The summed E-state index contributed by atoms with van der Waals surface area (Å²) < 4.78 is 11.4. The standard InChI is InChI=1S/C15H16BrNO3/c1-19-14-8-10(7-13(16)15(14)20-2)9-17-11-3-5-12(18)6-4-11/h3-8,17-18H,9H2,1-2H3. The van der Waals surface area contributed by atoms with Crippen LogP contribution in [0.3, 0.4) is 0 Å². The quantitative estimate of drug-likeness (QED) is 0.815. The molecule has 20 heavy (non-hydrogen) atoms. The normalized spacial score (nSPS) is 10.2. The molecular formula is C15H16BrNO3. The van der Waals surface area contributed by atoms with Crippen LogP contribution in [0.2, 0.25) is 0 Å². The van der Waals surface area contributed by atoms with E-state index in [4.69, 9.17) is 9.47 Å². The third kappa shape index (κ3) is 3.36. The average molecular weight is 338 g/mol. The molecule has 0 aliphatic rings. The smallest absolute Gasteiger partial charge is 0.174 e. The number of hydrogen-bond donors (Lipinski definition) is 2. The van der Waals surface area contributed by atoms with Crippen LogP contribution in [0.15, 0.2) is 40.9 Å². The van der Waals surface area contributed by atoms with Gasteiger partial charge < -0.3 is 19.9 Å². The summed E-state index contributed by atoms with van der Waals surface area (Å²) in [6.07, 6.45) is 0. The molecule has 0 aliphatic carbocycles. The van der Waals surface area contributed by atoms with E-state index in [9.17, 15) is 5.11 Å². The second-order valence-corrected chi connectivity index (χ2v) is 5.07. The Kier molecular flexibility index (Phi) is 4.74. The SMILES string of the molecule is COc1cc(CNc2ccc(O)cc2)cc(Br)c1OC. The second kappa shape index (κ2) is 6.52. The number of nitrogens with one attached hydrogen (secondary N) is 1. The number of methoxy groups -OCH3 is 2. The van der Waals surface area contributed by atoms with E-state index in [2.05, 4.69) is 21.2 Å². The van der Waals surface area contributed by atoms with Gasteiger partial charge in [-0.2, -0.15) is 0 Å². The van der Waals surface area contributed by atoms with Crippen molar-refractivity contribution in [1.82, 2.24) is 0 Å². The van der Waals surface area contributed by atoms with Crippen LogP contribution in [-0.2, 0) is 6.54 Å². The van der Waals surface area contributed by atoms with Crippen LogP contribution >= 0.6 is 15.9 Å². The number of phenolic OH excluding ortho intramolecular Hbond substituents is 1. The van der Waals surface area contributed by atoms with Crippen molar-refractivity contribution in [2.45, 2.75) is 6.54 Å². The molecule has 0 aromatic heterocycles. The summed E-state index contributed by atoms with van der Waals surface area (Å²) >= 11 is 3.47. The van der Waals surface area contributed by atoms with Gasteiger partial charge in [0.25, 0.3) is 0 Å². The second-order valence-electron chi connectivity index (χ2n) is 4.21. The Hall–Kier alpha value is -1.88. The fourth-order valence-electron chi connectivity index (χ4n) is 1.86. The van der Waals surface area contributed by atoms with Crippen molar-refractivity contribution in [3.8, 4) is 17.2 Å². The molecule has 0 saturated carbocycles. The van der Waals surface area contributed by atoms with Gasteiger partial charge in [-0.05, 0) is 57.9 Å². The van der Waals surface area contributed by atoms with Gasteiger partial charge in [-0.25, -0.2) is 0 Å². The van der Waals surface area contributed by atoms with Crippen molar-refractivity contribution in [3.05, 3.63) is 46.4 Å². The van der Waals surface area contributed by atoms with Gasteiger partial charge in [0.05, 0.1) is 18.7 Å². The van der Waals surface area contributed by atoms with Gasteiger partial charge in [-0.15, -0.1) is 0 Å². The maximum absolute atomic E-state index is 9.24. The molecule has 4 nitrogen and oxygen atoms in total. The predicted octanol–water partition coefficient (Wildman–Crippen LogP) is 3.78. The van der Waals surface area contributed by atoms with Gasteiger partial charge in [0.2, 0.25) is 0 Å². The van der Waals surface area contributed by atoms with Crippen molar-refractivity contribution < 1.29 is 14.6 Å². The molecule has 0 bridgehead atoms. The Morgan fingerprint density at radius 3 is 2.40 bits per heavy atom. The predicted molar refractivity (Wildman–Crippen MR) is 82.7 cm³/mol. The molecule has 0 radical (unpaired) electrons. The first-order valence-electron chi connectivity index (χ1n) is 6.07. The van der Waals surface area contributed by atoms with Gasteiger partial charge in [0, 0.05) is 12.2 Å². The number of rotatable bonds is 5. The molecule has 5 heteroatoms. The van der Waals surface area contributed by atoms with Crippen molar-refractivity contribution in [1.29, 1.82) is 0 Å². The van der Waals surface area contributed by atoms with Crippen LogP contribution in [0, 0.1) is 0 Å². The Balaban J connectivity index is 2.13. The summed E-state index contributed by atoms with van der Waals surface area (Å²) in [5.41, 5.74) is 2.00. The number of hydrogen-bond acceptors (Lipinski definition) is 4. The van der Waals surface area contributed by atoms with Crippen molar-refractivity contribution in [3.63, 3.8) is 0 Å². The third-order valence-electron chi connectivity index (χ3n) is 2.86. The first kappa shape index (κ1) is 14.5. The van der Waals surface area contributed by atoms with Crippen LogP contribution in [0.25, 0.3) is 0 Å². The zero-order valence-electron chi connectivity index (χ0n) is 11.3. The number of phenols is 1. The number of ether oxygens (including phenoxy) is 2. The molecule has 0 amide bonds. The molecule has 2 rings (SSSR count). The summed E-state index contributed by atoms with van der Waals surface area (Å²) in [7, 11) is 3.22. The lowest BCUT2D eigenvalue weighted by Crippen LogP contribution is -2.01. The maximum Gasteiger partial charge on any atom is 0.174 e. The number of anilines is 1. The zero-order valence-corrected chi connectivity index (χ0v) is 12.9. The monoisotopic (exact) mass is 337 g/mol. The minimum absolute atomic E-state index is 0.254. The fraction of sp³-hybridized carbons (Fsp3) is 0.200. The summed E-state index contributed by atoms with van der Waals surface area (Å²) in [6, 6.07) is 10.8. The van der Waals surface area contributed by atoms with E-state index < -0.39 is 0 Å². The first-order valence-corrected chi connectivity index (χ1v) is 6.86. The lowest BCUT2D eigenvalue weighted by Gasteiger charge is -2.13. The van der Waals surface area contributed by atoms with Crippen molar-refractivity contribution in [2.24, 2.45) is 0 Å². The highest BCUT2D eigenvalue weighted by molar-refractivity contribution is 9.10. The average Bonchev–Trinajstić information content (AvgIpc) is 2.46. The van der Waals surface area contributed by atoms with E-state index in [0.717, 1.165) is 15.7 Å². The molecule has 0 heterocycles. The summed E-state index contributed by atoms with van der Waals surface area (Å²) in [6.45, 7) is 0.643. The van der Waals surface area contributed by atoms with Gasteiger partial charge in [-0.1, -0.05) is 0 Å². The number of aromatic hydroxyl groups is 1. The van der Waals surface area contributed by atoms with E-state index in [0.29, 0.717) is 18.0 Å². The van der Waals surface area contributed by atoms with Crippen LogP contribution < -0.4 is 14.8 Å². The number of halogens is 1. The molecule has 0 aliphatic heterocycles.